The van der Waals surface area contributed by atoms with Crippen LogP contribution in [0.5, 0.6) is 0 Å². The standard InChI is InChI=1S/C46H42N4/c1-45(2,3)35-17-21-37(22-18-35)49(41-11-7-9-25-47-41)39-27-31-13-15-33-29-40(30-34-16-14-32(28-39)43(31)44(33)34)50(42-12-8-10-26-48-42)38-23-19-36(20-24-38)46(4,5)6/h7-30H,1-6H3. The second kappa shape index (κ2) is 12.0. The van der Waals surface area contributed by atoms with E-state index in [1.165, 1.54) is 43.4 Å². The Morgan fingerprint density at radius 3 is 1.00 bits per heavy atom. The largest absolute Gasteiger partial charge is 0.295 e. The summed E-state index contributed by atoms with van der Waals surface area (Å²) in [4.78, 5) is 14.1. The molecular formula is C46H42N4. The normalized spacial score (nSPS) is 12.2. The number of benzene rings is 6. The van der Waals surface area contributed by atoms with E-state index in [9.17, 15) is 0 Å². The van der Waals surface area contributed by atoms with Crippen LogP contribution in [0.3, 0.4) is 0 Å². The Kier molecular flexibility index (Phi) is 7.56. The van der Waals surface area contributed by atoms with Crippen LogP contribution in [0.15, 0.2) is 146 Å². The Hall–Kier alpha value is -5.74. The first kappa shape index (κ1) is 31.5. The molecule has 246 valence electrons. The first-order valence-corrected chi connectivity index (χ1v) is 17.4. The van der Waals surface area contributed by atoms with E-state index in [2.05, 4.69) is 173 Å². The van der Waals surface area contributed by atoms with Crippen molar-refractivity contribution in [3.8, 4) is 0 Å². The summed E-state index contributed by atoms with van der Waals surface area (Å²) in [5, 5.41) is 7.37. The minimum atomic E-state index is 0.0798. The molecule has 0 fully saturated rings. The van der Waals surface area contributed by atoms with Gasteiger partial charge < -0.3 is 0 Å². The molecule has 0 spiro atoms. The van der Waals surface area contributed by atoms with E-state index in [1.807, 2.05) is 24.5 Å². The van der Waals surface area contributed by atoms with E-state index in [0.29, 0.717) is 0 Å². The molecule has 0 radical (unpaired) electrons. The monoisotopic (exact) mass is 650 g/mol. The first-order valence-electron chi connectivity index (χ1n) is 17.4. The van der Waals surface area contributed by atoms with Crippen molar-refractivity contribution in [3.63, 3.8) is 0 Å². The molecule has 8 rings (SSSR count). The van der Waals surface area contributed by atoms with Crippen LogP contribution in [0.2, 0.25) is 0 Å². The molecule has 0 aliphatic carbocycles. The molecular weight excluding hydrogens is 609 g/mol. The Bertz CT molecular complexity index is 2180. The van der Waals surface area contributed by atoms with Crippen LogP contribution in [-0.2, 0) is 10.8 Å². The summed E-state index contributed by atoms with van der Waals surface area (Å²) < 4.78 is 0. The molecule has 4 heteroatoms. The van der Waals surface area contributed by atoms with Crippen molar-refractivity contribution in [3.05, 3.63) is 157 Å². The van der Waals surface area contributed by atoms with Gasteiger partial charge in [-0.05, 0) is 127 Å². The van der Waals surface area contributed by atoms with Crippen LogP contribution in [0, 0.1) is 0 Å². The minimum absolute atomic E-state index is 0.0798. The highest BCUT2D eigenvalue weighted by Crippen LogP contribution is 2.44. The van der Waals surface area contributed by atoms with Crippen LogP contribution in [0.25, 0.3) is 32.3 Å². The lowest BCUT2D eigenvalue weighted by Gasteiger charge is -2.27. The average Bonchev–Trinajstić information content (AvgIpc) is 3.11. The molecule has 0 saturated carbocycles. The zero-order chi connectivity index (χ0) is 34.6. The van der Waals surface area contributed by atoms with Crippen LogP contribution in [-0.4, -0.2) is 9.97 Å². The van der Waals surface area contributed by atoms with Gasteiger partial charge in [-0.15, -0.1) is 0 Å². The van der Waals surface area contributed by atoms with Crippen molar-refractivity contribution >= 4 is 66.7 Å². The maximum atomic E-state index is 4.79. The molecule has 0 amide bonds. The molecule has 0 aliphatic heterocycles. The van der Waals surface area contributed by atoms with Crippen LogP contribution >= 0.6 is 0 Å². The molecule has 50 heavy (non-hydrogen) atoms. The lowest BCUT2D eigenvalue weighted by atomic mass is 9.87. The van der Waals surface area contributed by atoms with Gasteiger partial charge in [-0.1, -0.05) is 102 Å². The molecule has 8 aromatic rings. The highest BCUT2D eigenvalue weighted by Gasteiger charge is 2.21. The lowest BCUT2D eigenvalue weighted by Crippen LogP contribution is -2.14. The van der Waals surface area contributed by atoms with Gasteiger partial charge in [-0.25, -0.2) is 9.97 Å². The molecule has 2 aromatic heterocycles. The Labute approximate surface area is 295 Å². The van der Waals surface area contributed by atoms with Gasteiger partial charge in [-0.3, -0.25) is 9.80 Å². The van der Waals surface area contributed by atoms with Crippen molar-refractivity contribution in [2.45, 2.75) is 52.4 Å². The minimum Gasteiger partial charge on any atom is -0.295 e. The third-order valence-corrected chi connectivity index (χ3v) is 9.76. The van der Waals surface area contributed by atoms with E-state index in [4.69, 9.17) is 9.97 Å². The molecule has 0 N–H and O–H groups in total. The number of pyridine rings is 2. The molecule has 0 bridgehead atoms. The quantitative estimate of drug-likeness (QED) is 0.168. The summed E-state index contributed by atoms with van der Waals surface area (Å²) in [7, 11) is 0. The van der Waals surface area contributed by atoms with Crippen molar-refractivity contribution < 1.29 is 0 Å². The fourth-order valence-electron chi connectivity index (χ4n) is 7.08. The third-order valence-electron chi connectivity index (χ3n) is 9.76. The van der Waals surface area contributed by atoms with E-state index >= 15 is 0 Å². The molecule has 0 unspecified atom stereocenters. The van der Waals surface area contributed by atoms with Gasteiger partial charge in [0.2, 0.25) is 0 Å². The Balaban J connectivity index is 1.26. The molecule has 0 aliphatic rings. The summed E-state index contributed by atoms with van der Waals surface area (Å²) in [6.07, 6.45) is 3.73. The number of hydrogen-bond donors (Lipinski definition) is 0. The van der Waals surface area contributed by atoms with E-state index in [0.717, 1.165) is 34.4 Å². The number of aromatic nitrogens is 2. The number of rotatable bonds is 6. The smallest absolute Gasteiger partial charge is 0.137 e. The van der Waals surface area contributed by atoms with Gasteiger partial charge in [0.25, 0.3) is 0 Å². The predicted molar refractivity (Wildman–Crippen MR) is 213 cm³/mol. The molecule has 0 saturated heterocycles. The van der Waals surface area contributed by atoms with Gasteiger partial charge in [0.15, 0.2) is 0 Å². The summed E-state index contributed by atoms with van der Waals surface area (Å²) >= 11 is 0. The zero-order valence-electron chi connectivity index (χ0n) is 29.6. The number of hydrogen-bond acceptors (Lipinski definition) is 4. The lowest BCUT2D eigenvalue weighted by molar-refractivity contribution is 0.590. The first-order chi connectivity index (χ1) is 24.0. The molecule has 6 aromatic carbocycles. The Morgan fingerprint density at radius 2 is 0.720 bits per heavy atom. The maximum Gasteiger partial charge on any atom is 0.137 e. The van der Waals surface area contributed by atoms with E-state index < -0.39 is 0 Å². The van der Waals surface area contributed by atoms with Gasteiger partial charge in [0.1, 0.15) is 11.6 Å². The molecule has 4 nitrogen and oxygen atoms in total. The second-order valence-corrected chi connectivity index (χ2v) is 15.3. The summed E-state index contributed by atoms with van der Waals surface area (Å²) in [5.41, 5.74) is 7.10. The fraction of sp³-hybridized carbons (Fsp3) is 0.174. The molecule has 2 heterocycles. The highest BCUT2D eigenvalue weighted by molar-refractivity contribution is 6.24. The van der Waals surface area contributed by atoms with Gasteiger partial charge in [0.05, 0.1) is 0 Å². The molecule has 0 atom stereocenters. The summed E-state index contributed by atoms with van der Waals surface area (Å²) in [6, 6.07) is 48.3. The average molecular weight is 651 g/mol. The van der Waals surface area contributed by atoms with Crippen molar-refractivity contribution in [2.75, 3.05) is 9.80 Å². The maximum absolute atomic E-state index is 4.79. The van der Waals surface area contributed by atoms with Crippen molar-refractivity contribution in [1.29, 1.82) is 0 Å². The van der Waals surface area contributed by atoms with E-state index in [-0.39, 0.29) is 10.8 Å². The predicted octanol–water partition coefficient (Wildman–Crippen LogP) is 12.9. The number of anilines is 6. The Morgan fingerprint density at radius 1 is 0.380 bits per heavy atom. The summed E-state index contributed by atoms with van der Waals surface area (Å²) in [5.74, 6) is 1.78. The fourth-order valence-corrected chi connectivity index (χ4v) is 7.08. The zero-order valence-corrected chi connectivity index (χ0v) is 29.6. The van der Waals surface area contributed by atoms with Crippen molar-refractivity contribution in [1.82, 2.24) is 9.97 Å². The second-order valence-electron chi connectivity index (χ2n) is 15.3. The van der Waals surface area contributed by atoms with Crippen molar-refractivity contribution in [2.24, 2.45) is 0 Å². The SMILES string of the molecule is CC(C)(C)c1ccc(N(c2cc3ccc4cc(N(c5ccc(C(C)(C)C)cc5)c5ccccn5)cc5ccc(c2)c3c45)c2ccccn2)cc1. The third kappa shape index (κ3) is 5.71. The van der Waals surface area contributed by atoms with Gasteiger partial charge in [-0.2, -0.15) is 0 Å². The van der Waals surface area contributed by atoms with Crippen LogP contribution in [0.4, 0.5) is 34.4 Å². The van der Waals surface area contributed by atoms with Crippen LogP contribution < -0.4 is 9.80 Å². The topological polar surface area (TPSA) is 32.3 Å². The summed E-state index contributed by atoms with van der Waals surface area (Å²) in [6.45, 7) is 13.5. The highest BCUT2D eigenvalue weighted by atomic mass is 15.2. The van der Waals surface area contributed by atoms with E-state index in [1.54, 1.807) is 0 Å². The van der Waals surface area contributed by atoms with Gasteiger partial charge >= 0.3 is 0 Å². The van der Waals surface area contributed by atoms with Gasteiger partial charge in [0, 0.05) is 35.1 Å². The van der Waals surface area contributed by atoms with Crippen LogP contribution in [0.1, 0.15) is 52.7 Å². The number of nitrogens with zero attached hydrogens (tertiary/aromatic N) is 4.